The highest BCUT2D eigenvalue weighted by atomic mass is 16.6. The molecule has 7 heteroatoms. The smallest absolute Gasteiger partial charge is 0.353 e. The van der Waals surface area contributed by atoms with Gasteiger partial charge in [-0.15, -0.1) is 0 Å². The van der Waals surface area contributed by atoms with Gasteiger partial charge >= 0.3 is 5.69 Å². The molecule has 22 heavy (non-hydrogen) atoms. The third-order valence-electron chi connectivity index (χ3n) is 3.08. The molecule has 0 amide bonds. The molecular weight excluding hydrogens is 282 g/mol. The second kappa shape index (κ2) is 6.38. The van der Waals surface area contributed by atoms with Gasteiger partial charge in [-0.05, 0) is 44.9 Å². The molecule has 1 heterocycles. The Bertz CT molecular complexity index is 700. The Morgan fingerprint density at radius 2 is 1.86 bits per heavy atom. The Labute approximate surface area is 129 Å². The lowest BCUT2D eigenvalue weighted by Gasteiger charge is -2.13. The fraction of sp³-hybridized carbons (Fsp3) is 0.333. The molecule has 116 valence electrons. The zero-order valence-corrected chi connectivity index (χ0v) is 13.0. The zero-order chi connectivity index (χ0) is 16.3. The first-order valence-electron chi connectivity index (χ1n) is 6.98. The third-order valence-corrected chi connectivity index (χ3v) is 3.08. The Hall–Kier alpha value is -2.70. The molecule has 0 aliphatic rings. The maximum atomic E-state index is 11.4. The van der Waals surface area contributed by atoms with E-state index in [2.05, 4.69) is 20.6 Å². The number of nitrogens with one attached hydrogen (secondary N) is 2. The lowest BCUT2D eigenvalue weighted by molar-refractivity contribution is -0.383. The van der Waals surface area contributed by atoms with Gasteiger partial charge in [0, 0.05) is 11.7 Å². The molecule has 7 nitrogen and oxygen atoms in total. The van der Waals surface area contributed by atoms with Gasteiger partial charge in [0.05, 0.1) is 4.92 Å². The highest BCUT2D eigenvalue weighted by Gasteiger charge is 2.23. The standard InChI is InChI=1S/C15H19N5O2/c1-9(2)18-14-13(20(21)22)15(17-8-16-14)19-12-7-10(3)5-6-11(12)4/h5-9H,1-4H3,(H2,16,17,18,19). The number of aromatic nitrogens is 2. The number of rotatable bonds is 5. The Morgan fingerprint density at radius 1 is 1.18 bits per heavy atom. The molecule has 0 aliphatic heterocycles. The Balaban J connectivity index is 2.46. The molecule has 2 aromatic rings. The van der Waals surface area contributed by atoms with Crippen LogP contribution in [-0.2, 0) is 0 Å². The highest BCUT2D eigenvalue weighted by molar-refractivity contribution is 5.75. The SMILES string of the molecule is Cc1ccc(C)c(Nc2ncnc(NC(C)C)c2[N+](=O)[O-])c1. The van der Waals surface area contributed by atoms with E-state index in [-0.39, 0.29) is 23.4 Å². The molecule has 1 aromatic heterocycles. The molecule has 0 spiro atoms. The lowest BCUT2D eigenvalue weighted by atomic mass is 10.1. The van der Waals surface area contributed by atoms with Crippen molar-refractivity contribution in [1.82, 2.24) is 9.97 Å². The van der Waals surface area contributed by atoms with Crippen LogP contribution in [0.25, 0.3) is 0 Å². The summed E-state index contributed by atoms with van der Waals surface area (Å²) in [5.41, 5.74) is 2.68. The van der Waals surface area contributed by atoms with E-state index in [0.29, 0.717) is 0 Å². The number of nitro groups is 1. The highest BCUT2D eigenvalue weighted by Crippen LogP contribution is 2.32. The van der Waals surface area contributed by atoms with Crippen molar-refractivity contribution in [3.63, 3.8) is 0 Å². The van der Waals surface area contributed by atoms with Crippen molar-refractivity contribution in [3.05, 3.63) is 45.8 Å². The number of aryl methyl sites for hydroxylation is 2. The van der Waals surface area contributed by atoms with Crippen molar-refractivity contribution in [3.8, 4) is 0 Å². The van der Waals surface area contributed by atoms with Gasteiger partial charge in [-0.1, -0.05) is 12.1 Å². The normalized spacial score (nSPS) is 10.6. The van der Waals surface area contributed by atoms with Crippen LogP contribution in [0, 0.1) is 24.0 Å². The van der Waals surface area contributed by atoms with Crippen molar-refractivity contribution in [2.24, 2.45) is 0 Å². The average Bonchev–Trinajstić information content (AvgIpc) is 2.42. The molecule has 0 saturated heterocycles. The first kappa shape index (κ1) is 15.7. The minimum Gasteiger partial charge on any atom is -0.362 e. The summed E-state index contributed by atoms with van der Waals surface area (Å²) in [7, 11) is 0. The van der Waals surface area contributed by atoms with Crippen LogP contribution in [0.2, 0.25) is 0 Å². The second-order valence-electron chi connectivity index (χ2n) is 5.42. The molecule has 0 bridgehead atoms. The van der Waals surface area contributed by atoms with E-state index in [0.717, 1.165) is 16.8 Å². The molecule has 0 unspecified atom stereocenters. The van der Waals surface area contributed by atoms with Gasteiger partial charge in [0.1, 0.15) is 6.33 Å². The summed E-state index contributed by atoms with van der Waals surface area (Å²) < 4.78 is 0. The van der Waals surface area contributed by atoms with Gasteiger partial charge in [-0.25, -0.2) is 9.97 Å². The van der Waals surface area contributed by atoms with Crippen LogP contribution < -0.4 is 10.6 Å². The first-order valence-corrected chi connectivity index (χ1v) is 6.98. The first-order chi connectivity index (χ1) is 10.4. The summed E-state index contributed by atoms with van der Waals surface area (Å²) in [6, 6.07) is 5.90. The predicted octanol–water partition coefficient (Wildman–Crippen LogP) is 3.57. The zero-order valence-electron chi connectivity index (χ0n) is 13.0. The van der Waals surface area contributed by atoms with Gasteiger partial charge in [0.2, 0.25) is 11.6 Å². The van der Waals surface area contributed by atoms with E-state index in [1.807, 2.05) is 45.9 Å². The van der Waals surface area contributed by atoms with E-state index in [1.165, 1.54) is 6.33 Å². The van der Waals surface area contributed by atoms with Gasteiger partial charge in [-0.2, -0.15) is 0 Å². The number of hydrogen-bond donors (Lipinski definition) is 2. The van der Waals surface area contributed by atoms with Crippen molar-refractivity contribution >= 4 is 23.0 Å². The lowest BCUT2D eigenvalue weighted by Crippen LogP contribution is -2.14. The van der Waals surface area contributed by atoms with Gasteiger partial charge in [0.25, 0.3) is 0 Å². The van der Waals surface area contributed by atoms with E-state index in [4.69, 9.17) is 0 Å². The van der Waals surface area contributed by atoms with Crippen molar-refractivity contribution in [2.45, 2.75) is 33.7 Å². The minimum atomic E-state index is -0.474. The minimum absolute atomic E-state index is 0.0298. The number of hydrogen-bond acceptors (Lipinski definition) is 6. The molecular formula is C15H19N5O2. The van der Waals surface area contributed by atoms with Crippen LogP contribution in [0.5, 0.6) is 0 Å². The van der Waals surface area contributed by atoms with E-state index < -0.39 is 4.92 Å². The van der Waals surface area contributed by atoms with Crippen molar-refractivity contribution in [1.29, 1.82) is 0 Å². The van der Waals surface area contributed by atoms with Crippen LogP contribution in [0.1, 0.15) is 25.0 Å². The largest absolute Gasteiger partial charge is 0.362 e. The Kier molecular flexibility index (Phi) is 4.55. The van der Waals surface area contributed by atoms with Gasteiger partial charge in [-0.3, -0.25) is 10.1 Å². The number of nitrogens with zero attached hydrogens (tertiary/aromatic N) is 3. The second-order valence-corrected chi connectivity index (χ2v) is 5.42. The summed E-state index contributed by atoms with van der Waals surface area (Å²) in [5.74, 6) is 0.389. The van der Waals surface area contributed by atoms with Crippen LogP contribution >= 0.6 is 0 Å². The molecule has 2 rings (SSSR count). The number of benzene rings is 1. The fourth-order valence-corrected chi connectivity index (χ4v) is 2.02. The summed E-state index contributed by atoms with van der Waals surface area (Å²) in [6.45, 7) is 7.68. The molecule has 0 fully saturated rings. The Morgan fingerprint density at radius 3 is 2.50 bits per heavy atom. The van der Waals surface area contributed by atoms with E-state index >= 15 is 0 Å². The fourth-order valence-electron chi connectivity index (χ4n) is 2.02. The van der Waals surface area contributed by atoms with Gasteiger partial charge < -0.3 is 10.6 Å². The van der Waals surface area contributed by atoms with E-state index in [9.17, 15) is 10.1 Å². The van der Waals surface area contributed by atoms with Crippen LogP contribution in [-0.4, -0.2) is 20.9 Å². The summed E-state index contributed by atoms with van der Waals surface area (Å²) in [4.78, 5) is 18.9. The van der Waals surface area contributed by atoms with E-state index in [1.54, 1.807) is 0 Å². The summed E-state index contributed by atoms with van der Waals surface area (Å²) >= 11 is 0. The topological polar surface area (TPSA) is 93.0 Å². The van der Waals surface area contributed by atoms with Crippen LogP contribution in [0.4, 0.5) is 23.0 Å². The van der Waals surface area contributed by atoms with Crippen molar-refractivity contribution in [2.75, 3.05) is 10.6 Å². The number of anilines is 3. The van der Waals surface area contributed by atoms with Crippen LogP contribution in [0.15, 0.2) is 24.5 Å². The molecule has 1 aromatic carbocycles. The predicted molar refractivity (Wildman–Crippen MR) is 86.6 cm³/mol. The monoisotopic (exact) mass is 301 g/mol. The molecule has 2 N–H and O–H groups in total. The average molecular weight is 301 g/mol. The quantitative estimate of drug-likeness (QED) is 0.648. The molecule has 0 saturated carbocycles. The summed E-state index contributed by atoms with van der Waals surface area (Å²) in [6.07, 6.45) is 1.31. The molecule has 0 aliphatic carbocycles. The van der Waals surface area contributed by atoms with Crippen LogP contribution in [0.3, 0.4) is 0 Å². The van der Waals surface area contributed by atoms with Gasteiger partial charge in [0.15, 0.2) is 0 Å². The maximum absolute atomic E-state index is 11.4. The summed E-state index contributed by atoms with van der Waals surface area (Å²) in [5, 5.41) is 17.4. The van der Waals surface area contributed by atoms with Crippen molar-refractivity contribution < 1.29 is 4.92 Å². The third kappa shape index (κ3) is 3.49. The molecule has 0 radical (unpaired) electrons. The maximum Gasteiger partial charge on any atom is 0.353 e. The molecule has 0 atom stereocenters.